The smallest absolute Gasteiger partial charge is 0.329 e. The number of carbonyl (C=O) groups is 3. The lowest BCUT2D eigenvalue weighted by Crippen LogP contribution is -2.52. The van der Waals surface area contributed by atoms with Crippen molar-refractivity contribution >= 4 is 17.8 Å². The fraction of sp³-hybridized carbons (Fsp3) is 0.727. The van der Waals surface area contributed by atoms with E-state index in [0.29, 0.717) is 13.0 Å². The average molecular weight is 257 g/mol. The van der Waals surface area contributed by atoms with Gasteiger partial charge in [0.1, 0.15) is 6.04 Å². The molecule has 0 aromatic rings. The first-order chi connectivity index (χ1) is 8.52. The van der Waals surface area contributed by atoms with E-state index in [1.165, 1.54) is 14.0 Å². The highest BCUT2D eigenvalue weighted by atomic mass is 16.5. The Labute approximate surface area is 106 Å². The van der Waals surface area contributed by atoms with Crippen LogP contribution in [0.3, 0.4) is 0 Å². The van der Waals surface area contributed by atoms with Gasteiger partial charge in [-0.15, -0.1) is 0 Å². The number of methoxy groups -OCH3 is 1. The van der Waals surface area contributed by atoms with E-state index in [2.05, 4.69) is 20.7 Å². The van der Waals surface area contributed by atoms with E-state index in [0.717, 1.165) is 6.42 Å². The van der Waals surface area contributed by atoms with Gasteiger partial charge in [0.2, 0.25) is 11.8 Å². The number of esters is 1. The molecule has 0 saturated carbocycles. The van der Waals surface area contributed by atoms with Crippen LogP contribution in [0.4, 0.5) is 0 Å². The largest absolute Gasteiger partial charge is 0.467 e. The Morgan fingerprint density at radius 1 is 1.56 bits per heavy atom. The number of hydrogen-bond donors (Lipinski definition) is 3. The summed E-state index contributed by atoms with van der Waals surface area (Å²) in [5.41, 5.74) is 0. The minimum Gasteiger partial charge on any atom is -0.467 e. The summed E-state index contributed by atoms with van der Waals surface area (Å²) in [5.74, 6) is -0.735. The Morgan fingerprint density at radius 2 is 2.28 bits per heavy atom. The van der Waals surface area contributed by atoms with Crippen molar-refractivity contribution in [1.29, 1.82) is 0 Å². The van der Waals surface area contributed by atoms with Gasteiger partial charge in [-0.25, -0.2) is 4.79 Å². The summed E-state index contributed by atoms with van der Waals surface area (Å²) >= 11 is 0. The molecule has 7 heteroatoms. The molecule has 1 aliphatic rings. The van der Waals surface area contributed by atoms with Gasteiger partial charge in [-0.3, -0.25) is 9.59 Å². The molecule has 2 unspecified atom stereocenters. The molecule has 0 aromatic heterocycles. The number of rotatable bonds is 5. The van der Waals surface area contributed by atoms with Crippen LogP contribution in [0.1, 0.15) is 19.8 Å². The fourth-order valence-corrected chi connectivity index (χ4v) is 1.77. The van der Waals surface area contributed by atoms with Crippen LogP contribution in [0.5, 0.6) is 0 Å². The molecule has 1 rings (SSSR count). The first-order valence-electron chi connectivity index (χ1n) is 5.88. The highest BCUT2D eigenvalue weighted by Crippen LogP contribution is 2.02. The number of amides is 2. The molecular formula is C11H19N3O4. The van der Waals surface area contributed by atoms with Crippen molar-refractivity contribution in [3.63, 3.8) is 0 Å². The van der Waals surface area contributed by atoms with Crippen molar-refractivity contribution in [3.8, 4) is 0 Å². The number of hydrogen-bond acceptors (Lipinski definition) is 5. The van der Waals surface area contributed by atoms with E-state index < -0.39 is 12.0 Å². The molecule has 7 nitrogen and oxygen atoms in total. The summed E-state index contributed by atoms with van der Waals surface area (Å²) in [6.07, 6.45) is 1.19. The lowest BCUT2D eigenvalue weighted by atomic mass is 10.1. The van der Waals surface area contributed by atoms with Crippen molar-refractivity contribution in [3.05, 3.63) is 0 Å². The summed E-state index contributed by atoms with van der Waals surface area (Å²) in [7, 11) is 1.28. The van der Waals surface area contributed by atoms with Crippen molar-refractivity contribution in [2.75, 3.05) is 20.2 Å². The molecule has 2 amide bonds. The van der Waals surface area contributed by atoms with Gasteiger partial charge in [-0.05, 0) is 6.42 Å². The van der Waals surface area contributed by atoms with E-state index in [1.54, 1.807) is 0 Å². The van der Waals surface area contributed by atoms with E-state index in [1.807, 2.05) is 0 Å². The van der Waals surface area contributed by atoms with Crippen LogP contribution in [0.15, 0.2) is 0 Å². The van der Waals surface area contributed by atoms with E-state index in [4.69, 9.17) is 0 Å². The Hall–Kier alpha value is -1.63. The quantitative estimate of drug-likeness (QED) is 0.523. The zero-order valence-electron chi connectivity index (χ0n) is 10.6. The van der Waals surface area contributed by atoms with Crippen LogP contribution in [-0.4, -0.2) is 50.1 Å². The van der Waals surface area contributed by atoms with Crippen LogP contribution in [0.2, 0.25) is 0 Å². The summed E-state index contributed by atoms with van der Waals surface area (Å²) < 4.78 is 4.61. The van der Waals surface area contributed by atoms with Gasteiger partial charge in [0.05, 0.1) is 7.11 Å². The van der Waals surface area contributed by atoms with Crippen LogP contribution < -0.4 is 16.0 Å². The molecule has 102 valence electrons. The van der Waals surface area contributed by atoms with Gasteiger partial charge in [0.15, 0.2) is 0 Å². The molecule has 1 aliphatic heterocycles. The van der Waals surface area contributed by atoms with Crippen LogP contribution in [0, 0.1) is 0 Å². The third-order valence-corrected chi connectivity index (χ3v) is 2.74. The minimum absolute atomic E-state index is 0.0411. The molecule has 1 fully saturated rings. The van der Waals surface area contributed by atoms with Crippen molar-refractivity contribution in [2.45, 2.75) is 31.8 Å². The summed E-state index contributed by atoms with van der Waals surface area (Å²) in [5, 5.41) is 8.38. The van der Waals surface area contributed by atoms with Gasteiger partial charge in [-0.2, -0.15) is 0 Å². The molecule has 1 saturated heterocycles. The van der Waals surface area contributed by atoms with Crippen molar-refractivity contribution < 1.29 is 19.1 Å². The van der Waals surface area contributed by atoms with Crippen molar-refractivity contribution in [2.24, 2.45) is 0 Å². The van der Waals surface area contributed by atoms with Crippen LogP contribution in [0.25, 0.3) is 0 Å². The Morgan fingerprint density at radius 3 is 2.78 bits per heavy atom. The van der Waals surface area contributed by atoms with Crippen molar-refractivity contribution in [1.82, 2.24) is 16.0 Å². The number of ether oxygens (including phenoxy) is 1. The highest BCUT2D eigenvalue weighted by molar-refractivity contribution is 5.83. The summed E-state index contributed by atoms with van der Waals surface area (Å²) in [6, 6.07) is -0.589. The Bertz CT molecular complexity index is 322. The summed E-state index contributed by atoms with van der Waals surface area (Å²) in [6.45, 7) is 2.16. The van der Waals surface area contributed by atoms with Gasteiger partial charge < -0.3 is 20.7 Å². The van der Waals surface area contributed by atoms with E-state index >= 15 is 0 Å². The first kappa shape index (κ1) is 14.4. The van der Waals surface area contributed by atoms with Gasteiger partial charge >= 0.3 is 5.97 Å². The number of carbonyl (C=O) groups excluding carboxylic acids is 3. The topological polar surface area (TPSA) is 96.5 Å². The molecule has 0 aromatic carbocycles. The normalized spacial score (nSPS) is 20.8. The zero-order valence-corrected chi connectivity index (χ0v) is 10.6. The maximum Gasteiger partial charge on any atom is 0.329 e. The monoisotopic (exact) mass is 257 g/mol. The third kappa shape index (κ3) is 4.70. The SMILES string of the molecule is COC(=O)C(CNC1CCC(=O)NC1)NC(C)=O. The lowest BCUT2D eigenvalue weighted by Gasteiger charge is -2.25. The first-order valence-corrected chi connectivity index (χ1v) is 5.88. The molecule has 0 bridgehead atoms. The van der Waals surface area contributed by atoms with Gasteiger partial charge in [0.25, 0.3) is 0 Å². The number of piperidine rings is 1. The molecule has 2 atom stereocenters. The third-order valence-electron chi connectivity index (χ3n) is 2.74. The molecular weight excluding hydrogens is 238 g/mol. The maximum atomic E-state index is 11.4. The molecule has 0 aliphatic carbocycles. The van der Waals surface area contributed by atoms with E-state index in [9.17, 15) is 14.4 Å². The van der Waals surface area contributed by atoms with Gasteiger partial charge in [0, 0.05) is 32.5 Å². The predicted octanol–water partition coefficient (Wildman–Crippen LogP) is -1.47. The highest BCUT2D eigenvalue weighted by Gasteiger charge is 2.23. The molecule has 3 N–H and O–H groups in total. The van der Waals surface area contributed by atoms with Crippen LogP contribution in [-0.2, 0) is 19.1 Å². The van der Waals surface area contributed by atoms with Gasteiger partial charge in [-0.1, -0.05) is 0 Å². The zero-order chi connectivity index (χ0) is 13.5. The van der Waals surface area contributed by atoms with E-state index in [-0.39, 0.29) is 24.4 Å². The fourth-order valence-electron chi connectivity index (χ4n) is 1.77. The summed E-state index contributed by atoms with van der Waals surface area (Å²) in [4.78, 5) is 33.4. The molecule has 1 heterocycles. The average Bonchev–Trinajstić information content (AvgIpc) is 2.35. The molecule has 0 radical (unpaired) electrons. The number of nitrogens with one attached hydrogen (secondary N) is 3. The molecule has 18 heavy (non-hydrogen) atoms. The van der Waals surface area contributed by atoms with Crippen LogP contribution >= 0.6 is 0 Å². The second kappa shape index (κ2) is 6.95. The standard InChI is InChI=1S/C11H19N3O4/c1-7(15)14-9(11(17)18-2)6-12-8-3-4-10(16)13-5-8/h8-9,12H,3-6H2,1-2H3,(H,13,16)(H,14,15). The minimum atomic E-state index is -0.704. The molecule has 0 spiro atoms. The lowest BCUT2D eigenvalue weighted by molar-refractivity contribution is -0.144. The Balaban J connectivity index is 2.39. The predicted molar refractivity (Wildman–Crippen MR) is 63.7 cm³/mol. The maximum absolute atomic E-state index is 11.4. The second-order valence-electron chi connectivity index (χ2n) is 4.22. The Kier molecular flexibility index (Phi) is 5.57. The second-order valence-corrected chi connectivity index (χ2v) is 4.22.